The molecule has 1 heterocycles. The summed E-state index contributed by atoms with van der Waals surface area (Å²) in [5.74, 6) is 0.146. The Balaban J connectivity index is 1.99. The van der Waals surface area contributed by atoms with Crippen LogP contribution in [-0.4, -0.2) is 31.1 Å². The van der Waals surface area contributed by atoms with Crippen molar-refractivity contribution in [1.82, 2.24) is 10.2 Å². The minimum Gasteiger partial charge on any atom is -0.314 e. The van der Waals surface area contributed by atoms with Gasteiger partial charge in [-0.3, -0.25) is 4.90 Å². The third-order valence-corrected chi connectivity index (χ3v) is 5.39. The second-order valence-corrected chi connectivity index (χ2v) is 6.85. The van der Waals surface area contributed by atoms with Crippen LogP contribution in [0.15, 0.2) is 12.1 Å². The first-order valence-corrected chi connectivity index (χ1v) is 8.52. The number of hydrogen-bond acceptors (Lipinski definition) is 2. The van der Waals surface area contributed by atoms with Crippen molar-refractivity contribution in [3.63, 3.8) is 0 Å². The lowest BCUT2D eigenvalue weighted by atomic mass is 9.89. The molecule has 116 valence electrons. The van der Waals surface area contributed by atoms with Crippen LogP contribution in [0.4, 0.5) is 4.39 Å². The lowest BCUT2D eigenvalue weighted by Gasteiger charge is -2.39. The third kappa shape index (κ3) is 3.21. The van der Waals surface area contributed by atoms with E-state index >= 15 is 0 Å². The minimum atomic E-state index is -0.334. The molecule has 0 radical (unpaired) electrons. The first-order valence-electron chi connectivity index (χ1n) is 7.76. The Kier molecular flexibility index (Phi) is 5.05. The van der Waals surface area contributed by atoms with Crippen molar-refractivity contribution in [2.24, 2.45) is 5.92 Å². The predicted molar refractivity (Wildman–Crippen MR) is 85.6 cm³/mol. The van der Waals surface area contributed by atoms with E-state index in [2.05, 4.69) is 10.2 Å². The summed E-state index contributed by atoms with van der Waals surface area (Å²) in [7, 11) is 0. The van der Waals surface area contributed by atoms with Gasteiger partial charge in [-0.15, -0.1) is 0 Å². The molecule has 1 aliphatic heterocycles. The first kappa shape index (κ1) is 15.5. The Morgan fingerprint density at radius 2 is 1.71 bits per heavy atom. The van der Waals surface area contributed by atoms with Crippen LogP contribution in [0.3, 0.4) is 0 Å². The van der Waals surface area contributed by atoms with Gasteiger partial charge in [0, 0.05) is 42.8 Å². The Bertz CT molecular complexity index is 497. The van der Waals surface area contributed by atoms with Gasteiger partial charge >= 0.3 is 0 Å². The highest BCUT2D eigenvalue weighted by Gasteiger charge is 2.35. The van der Waals surface area contributed by atoms with Gasteiger partial charge in [0.05, 0.1) is 5.02 Å². The van der Waals surface area contributed by atoms with E-state index in [9.17, 15) is 4.39 Å². The van der Waals surface area contributed by atoms with E-state index in [1.165, 1.54) is 12.8 Å². The minimum absolute atomic E-state index is 0.0563. The third-order valence-electron chi connectivity index (χ3n) is 4.77. The van der Waals surface area contributed by atoms with Gasteiger partial charge in [0.15, 0.2) is 0 Å². The summed E-state index contributed by atoms with van der Waals surface area (Å²) in [6.07, 6.45) is 4.76. The molecule has 0 spiro atoms. The number of halogens is 3. The van der Waals surface area contributed by atoms with Crippen LogP contribution in [0.2, 0.25) is 10.0 Å². The molecule has 1 saturated heterocycles. The van der Waals surface area contributed by atoms with Gasteiger partial charge in [0.25, 0.3) is 0 Å². The van der Waals surface area contributed by atoms with E-state index in [0.29, 0.717) is 16.5 Å². The molecule has 1 aromatic carbocycles. The van der Waals surface area contributed by atoms with E-state index in [-0.39, 0.29) is 16.9 Å². The van der Waals surface area contributed by atoms with E-state index in [4.69, 9.17) is 23.2 Å². The fourth-order valence-electron chi connectivity index (χ4n) is 3.76. The van der Waals surface area contributed by atoms with Crippen LogP contribution in [0.25, 0.3) is 0 Å². The number of nitrogens with zero attached hydrogens (tertiary/aromatic N) is 1. The van der Waals surface area contributed by atoms with Gasteiger partial charge in [-0.25, -0.2) is 4.39 Å². The lowest BCUT2D eigenvalue weighted by molar-refractivity contribution is 0.122. The van der Waals surface area contributed by atoms with Crippen molar-refractivity contribution in [3.05, 3.63) is 33.6 Å². The molecular formula is C16H21Cl2FN2. The number of hydrogen-bond donors (Lipinski definition) is 1. The molecule has 1 aliphatic carbocycles. The van der Waals surface area contributed by atoms with E-state index < -0.39 is 0 Å². The van der Waals surface area contributed by atoms with Crippen LogP contribution in [0.1, 0.15) is 37.3 Å². The molecule has 0 aromatic heterocycles. The molecule has 2 nitrogen and oxygen atoms in total. The molecule has 21 heavy (non-hydrogen) atoms. The van der Waals surface area contributed by atoms with Crippen LogP contribution in [0, 0.1) is 11.7 Å². The molecule has 1 atom stereocenters. The Hall–Kier alpha value is -0.350. The van der Waals surface area contributed by atoms with Crippen molar-refractivity contribution < 1.29 is 4.39 Å². The summed E-state index contributed by atoms with van der Waals surface area (Å²) in [4.78, 5) is 2.38. The zero-order valence-electron chi connectivity index (χ0n) is 12.0. The van der Waals surface area contributed by atoms with Crippen molar-refractivity contribution in [2.45, 2.75) is 31.7 Å². The molecule has 3 rings (SSSR count). The second-order valence-electron chi connectivity index (χ2n) is 6.03. The highest BCUT2D eigenvalue weighted by atomic mass is 35.5. The Morgan fingerprint density at radius 1 is 1.10 bits per heavy atom. The van der Waals surface area contributed by atoms with Gasteiger partial charge in [0.2, 0.25) is 0 Å². The van der Waals surface area contributed by atoms with Gasteiger partial charge in [0.1, 0.15) is 5.82 Å². The summed E-state index contributed by atoms with van der Waals surface area (Å²) in [5, 5.41) is 4.04. The fraction of sp³-hybridized carbons (Fsp3) is 0.625. The SMILES string of the molecule is Fc1c(Cl)ccc(Cl)c1[C@@H](C1CCCC1)N1CCNCC1. The molecule has 2 aliphatic rings. The monoisotopic (exact) mass is 330 g/mol. The molecule has 1 saturated carbocycles. The molecule has 0 amide bonds. The zero-order chi connectivity index (χ0) is 14.8. The van der Waals surface area contributed by atoms with Crippen LogP contribution in [0.5, 0.6) is 0 Å². The van der Waals surface area contributed by atoms with Gasteiger partial charge in [-0.2, -0.15) is 0 Å². The Labute approximate surface area is 135 Å². The van der Waals surface area contributed by atoms with E-state index in [0.717, 1.165) is 39.0 Å². The molecule has 0 unspecified atom stereocenters. The molecule has 1 aromatic rings. The molecule has 0 bridgehead atoms. The van der Waals surface area contributed by atoms with Gasteiger partial charge in [-0.1, -0.05) is 36.0 Å². The predicted octanol–water partition coefficient (Wildman–Crippen LogP) is 4.27. The van der Waals surface area contributed by atoms with Crippen molar-refractivity contribution in [2.75, 3.05) is 26.2 Å². The number of benzene rings is 1. The quantitative estimate of drug-likeness (QED) is 0.832. The lowest BCUT2D eigenvalue weighted by Crippen LogP contribution is -2.47. The highest BCUT2D eigenvalue weighted by Crippen LogP contribution is 2.43. The van der Waals surface area contributed by atoms with E-state index in [1.54, 1.807) is 12.1 Å². The van der Waals surface area contributed by atoms with Gasteiger partial charge < -0.3 is 5.32 Å². The number of rotatable bonds is 3. The second kappa shape index (κ2) is 6.82. The summed E-state index contributed by atoms with van der Waals surface area (Å²) < 4.78 is 14.7. The zero-order valence-corrected chi connectivity index (χ0v) is 13.6. The van der Waals surface area contributed by atoms with Crippen molar-refractivity contribution in [3.8, 4) is 0 Å². The van der Waals surface area contributed by atoms with Crippen LogP contribution in [-0.2, 0) is 0 Å². The molecule has 5 heteroatoms. The van der Waals surface area contributed by atoms with Crippen LogP contribution < -0.4 is 5.32 Å². The largest absolute Gasteiger partial charge is 0.314 e. The molecular weight excluding hydrogens is 310 g/mol. The molecule has 1 N–H and O–H groups in total. The fourth-order valence-corrected chi connectivity index (χ4v) is 4.19. The van der Waals surface area contributed by atoms with Crippen molar-refractivity contribution in [1.29, 1.82) is 0 Å². The maximum atomic E-state index is 14.7. The summed E-state index contributed by atoms with van der Waals surface area (Å²) in [6.45, 7) is 3.76. The Morgan fingerprint density at radius 3 is 2.38 bits per heavy atom. The summed E-state index contributed by atoms with van der Waals surface area (Å²) >= 11 is 12.4. The summed E-state index contributed by atoms with van der Waals surface area (Å²) in [6, 6.07) is 3.33. The maximum Gasteiger partial charge on any atom is 0.148 e. The average molecular weight is 331 g/mol. The standard InChI is InChI=1S/C16H21Cl2FN2/c17-12-5-6-13(18)15(19)14(12)16(11-3-1-2-4-11)21-9-7-20-8-10-21/h5-6,11,16,20H,1-4,7-10H2/t16-/m1/s1. The average Bonchev–Trinajstić information content (AvgIpc) is 3.02. The highest BCUT2D eigenvalue weighted by molar-refractivity contribution is 6.33. The number of piperazine rings is 1. The van der Waals surface area contributed by atoms with E-state index in [1.807, 2.05) is 0 Å². The van der Waals surface area contributed by atoms with Crippen molar-refractivity contribution >= 4 is 23.2 Å². The van der Waals surface area contributed by atoms with Crippen LogP contribution >= 0.6 is 23.2 Å². The summed E-state index contributed by atoms with van der Waals surface area (Å²) in [5.41, 5.74) is 0.609. The first-order chi connectivity index (χ1) is 10.2. The topological polar surface area (TPSA) is 15.3 Å². The molecule has 2 fully saturated rings. The van der Waals surface area contributed by atoms with Gasteiger partial charge in [-0.05, 0) is 30.9 Å². The normalized spacial score (nSPS) is 22.6. The smallest absolute Gasteiger partial charge is 0.148 e. The maximum absolute atomic E-state index is 14.7. The number of nitrogens with one attached hydrogen (secondary N) is 1.